The Morgan fingerprint density at radius 3 is 3.08 bits per heavy atom. The molecule has 3 nitrogen and oxygen atoms in total. The number of aliphatic imine (C=N–C) groups is 2. The second-order valence-electron chi connectivity index (χ2n) is 2.45. The van der Waals surface area contributed by atoms with Crippen LogP contribution in [0.4, 0.5) is 0 Å². The third kappa shape index (κ3) is 0.975. The van der Waals surface area contributed by atoms with Gasteiger partial charge in [0.1, 0.15) is 0 Å². The molecule has 2 rings (SSSR count). The zero-order valence-electron chi connectivity index (χ0n) is 6.49. The molecule has 62 valence electrons. The van der Waals surface area contributed by atoms with Crippen LogP contribution in [0, 0.1) is 0 Å². The first kappa shape index (κ1) is 7.55. The van der Waals surface area contributed by atoms with Crippen molar-refractivity contribution in [2.45, 2.75) is 6.17 Å². The summed E-state index contributed by atoms with van der Waals surface area (Å²) in [6, 6.07) is 0. The Balaban J connectivity index is 2.41. The Kier molecular flexibility index (Phi) is 1.73. The van der Waals surface area contributed by atoms with E-state index in [0.717, 1.165) is 5.57 Å². The number of methoxy groups -OCH3 is 1. The molecule has 12 heavy (non-hydrogen) atoms. The second kappa shape index (κ2) is 2.75. The van der Waals surface area contributed by atoms with E-state index in [1.54, 1.807) is 19.5 Å². The second-order valence-corrected chi connectivity index (χ2v) is 2.83. The molecule has 0 spiro atoms. The predicted molar refractivity (Wildman–Crippen MR) is 48.7 cm³/mol. The van der Waals surface area contributed by atoms with Crippen molar-refractivity contribution in [1.29, 1.82) is 0 Å². The van der Waals surface area contributed by atoms with Gasteiger partial charge in [-0.05, 0) is 6.08 Å². The number of allylic oxidation sites excluding steroid dienone is 2. The fraction of sp³-hybridized carbons (Fsp3) is 0.250. The van der Waals surface area contributed by atoms with Crippen LogP contribution in [-0.4, -0.2) is 25.7 Å². The Hall–Kier alpha value is -1.09. The van der Waals surface area contributed by atoms with E-state index in [2.05, 4.69) is 9.98 Å². The minimum absolute atomic E-state index is 0.142. The summed E-state index contributed by atoms with van der Waals surface area (Å²) < 4.78 is 5.01. The van der Waals surface area contributed by atoms with Gasteiger partial charge in [-0.1, -0.05) is 11.6 Å². The van der Waals surface area contributed by atoms with E-state index in [0.29, 0.717) is 10.8 Å². The molecule has 0 amide bonds. The maximum atomic E-state index is 6.00. The molecule has 2 aliphatic rings. The smallest absolute Gasteiger partial charge is 0.166 e. The lowest BCUT2D eigenvalue weighted by atomic mass is 10.1. The molecule has 2 heterocycles. The van der Waals surface area contributed by atoms with Crippen LogP contribution in [-0.2, 0) is 4.74 Å². The highest BCUT2D eigenvalue weighted by Crippen LogP contribution is 2.29. The first-order chi connectivity index (χ1) is 5.83. The summed E-state index contributed by atoms with van der Waals surface area (Å²) in [5.41, 5.74) is 0.913. The van der Waals surface area contributed by atoms with Crippen molar-refractivity contribution in [1.82, 2.24) is 0 Å². The summed E-state index contributed by atoms with van der Waals surface area (Å²) in [5.74, 6) is 0.602. The van der Waals surface area contributed by atoms with Crippen LogP contribution in [0.2, 0.25) is 0 Å². The number of hydrogen-bond donors (Lipinski definition) is 0. The van der Waals surface area contributed by atoms with Gasteiger partial charge in [0.25, 0.3) is 0 Å². The van der Waals surface area contributed by atoms with Gasteiger partial charge in [-0.2, -0.15) is 0 Å². The van der Waals surface area contributed by atoms with Crippen LogP contribution in [0.1, 0.15) is 0 Å². The largest absolute Gasteiger partial charge is 0.494 e. The monoisotopic (exact) mass is 182 g/mol. The summed E-state index contributed by atoms with van der Waals surface area (Å²) in [7, 11) is 1.57. The fourth-order valence-electron chi connectivity index (χ4n) is 1.16. The molecule has 0 aromatic rings. The molecule has 1 atom stereocenters. The predicted octanol–water partition coefficient (Wildman–Crippen LogP) is 1.50. The molecule has 0 N–H and O–H groups in total. The average molecular weight is 183 g/mol. The third-order valence-corrected chi connectivity index (χ3v) is 2.19. The van der Waals surface area contributed by atoms with Gasteiger partial charge in [-0.15, -0.1) is 0 Å². The lowest BCUT2D eigenvalue weighted by molar-refractivity contribution is 0.314. The van der Waals surface area contributed by atoms with Crippen molar-refractivity contribution in [3.05, 3.63) is 22.4 Å². The molecular formula is C8H7ClN2O. The van der Waals surface area contributed by atoms with Gasteiger partial charge >= 0.3 is 0 Å². The molecule has 0 fully saturated rings. The van der Waals surface area contributed by atoms with Crippen molar-refractivity contribution in [3.63, 3.8) is 0 Å². The highest BCUT2D eigenvalue weighted by Gasteiger charge is 2.23. The highest BCUT2D eigenvalue weighted by atomic mass is 35.5. The van der Waals surface area contributed by atoms with Crippen molar-refractivity contribution < 1.29 is 4.74 Å². The minimum atomic E-state index is -0.142. The molecule has 0 saturated carbocycles. The van der Waals surface area contributed by atoms with Gasteiger partial charge in [-0.25, -0.2) is 0 Å². The number of fused-ring (bicyclic) bond motifs is 1. The van der Waals surface area contributed by atoms with Gasteiger partial charge in [0.2, 0.25) is 0 Å². The quantitative estimate of drug-likeness (QED) is 0.605. The number of ether oxygens (including phenoxy) is 1. The molecule has 0 unspecified atom stereocenters. The van der Waals surface area contributed by atoms with E-state index < -0.39 is 0 Å². The van der Waals surface area contributed by atoms with E-state index in [1.165, 1.54) is 0 Å². The van der Waals surface area contributed by atoms with Crippen molar-refractivity contribution >= 4 is 24.0 Å². The zero-order valence-corrected chi connectivity index (χ0v) is 7.25. The normalized spacial score (nSPS) is 25.8. The Morgan fingerprint density at radius 2 is 2.33 bits per heavy atom. The van der Waals surface area contributed by atoms with E-state index in [-0.39, 0.29) is 6.17 Å². The fourth-order valence-corrected chi connectivity index (χ4v) is 1.44. The standard InChI is InChI=1S/C8H7ClN2O/c1-12-6-4-11-8-5(7(6)9)2-3-10-8/h2-4,8H,1H3/t8-/m0/s1. The van der Waals surface area contributed by atoms with Gasteiger partial charge < -0.3 is 4.74 Å². The minimum Gasteiger partial charge on any atom is -0.494 e. The summed E-state index contributed by atoms with van der Waals surface area (Å²) in [5, 5.41) is 0.606. The summed E-state index contributed by atoms with van der Waals surface area (Å²) >= 11 is 6.00. The molecule has 0 aliphatic carbocycles. The van der Waals surface area contributed by atoms with Crippen LogP contribution in [0.25, 0.3) is 0 Å². The van der Waals surface area contributed by atoms with E-state index in [1.807, 2.05) is 6.08 Å². The molecule has 4 heteroatoms. The summed E-state index contributed by atoms with van der Waals surface area (Å²) in [6.45, 7) is 0. The van der Waals surface area contributed by atoms with E-state index >= 15 is 0 Å². The first-order valence-corrected chi connectivity index (χ1v) is 3.91. The van der Waals surface area contributed by atoms with E-state index in [4.69, 9.17) is 16.3 Å². The topological polar surface area (TPSA) is 34.0 Å². The van der Waals surface area contributed by atoms with Crippen LogP contribution in [0.15, 0.2) is 32.4 Å². The van der Waals surface area contributed by atoms with E-state index in [9.17, 15) is 0 Å². The van der Waals surface area contributed by atoms with Crippen molar-refractivity contribution in [2.24, 2.45) is 9.98 Å². The maximum absolute atomic E-state index is 6.00. The Morgan fingerprint density at radius 1 is 1.50 bits per heavy atom. The van der Waals surface area contributed by atoms with Gasteiger partial charge in [0.15, 0.2) is 11.9 Å². The average Bonchev–Trinajstić information content (AvgIpc) is 2.53. The molecule has 2 aliphatic heterocycles. The number of rotatable bonds is 1. The van der Waals surface area contributed by atoms with Crippen LogP contribution >= 0.6 is 11.6 Å². The van der Waals surface area contributed by atoms with Crippen molar-refractivity contribution in [2.75, 3.05) is 7.11 Å². The molecular weight excluding hydrogens is 176 g/mol. The molecule has 0 bridgehead atoms. The lowest BCUT2D eigenvalue weighted by Crippen LogP contribution is -2.10. The molecule has 0 saturated heterocycles. The van der Waals surface area contributed by atoms with Crippen LogP contribution in [0.5, 0.6) is 0 Å². The molecule has 0 aromatic carbocycles. The first-order valence-electron chi connectivity index (χ1n) is 3.53. The van der Waals surface area contributed by atoms with Gasteiger partial charge in [0.05, 0.1) is 18.4 Å². The maximum Gasteiger partial charge on any atom is 0.166 e. The Labute approximate surface area is 75.1 Å². The van der Waals surface area contributed by atoms with Gasteiger partial charge in [0, 0.05) is 11.8 Å². The number of hydrogen-bond acceptors (Lipinski definition) is 3. The molecule has 0 aromatic heterocycles. The van der Waals surface area contributed by atoms with Crippen LogP contribution in [0.3, 0.4) is 0 Å². The summed E-state index contributed by atoms with van der Waals surface area (Å²) in [6.07, 6.45) is 5.02. The summed E-state index contributed by atoms with van der Waals surface area (Å²) in [4.78, 5) is 8.22. The number of halogens is 1. The number of dihydropyridines is 1. The third-order valence-electron chi connectivity index (χ3n) is 1.78. The zero-order chi connectivity index (χ0) is 8.55. The van der Waals surface area contributed by atoms with Gasteiger partial charge in [-0.3, -0.25) is 9.98 Å². The molecule has 0 radical (unpaired) electrons. The van der Waals surface area contributed by atoms with Crippen molar-refractivity contribution in [3.8, 4) is 0 Å². The number of nitrogens with zero attached hydrogens (tertiary/aromatic N) is 2. The van der Waals surface area contributed by atoms with Crippen LogP contribution < -0.4 is 0 Å². The lowest BCUT2D eigenvalue weighted by Gasteiger charge is -2.14. The Bertz CT molecular complexity index is 328. The highest BCUT2D eigenvalue weighted by molar-refractivity contribution is 6.34. The SMILES string of the molecule is COC1=C(Cl)C2=CC=N[C@H]2N=C1.